The molecule has 0 radical (unpaired) electrons. The normalized spacial score (nSPS) is 15.5. The summed E-state index contributed by atoms with van der Waals surface area (Å²) in [5, 5.41) is 15.7. The molecule has 0 saturated carbocycles. The Morgan fingerprint density at radius 1 is 0.950 bits per heavy atom. The number of aryl methyl sites for hydroxylation is 1. The molecule has 2 heterocycles. The van der Waals surface area contributed by atoms with Gasteiger partial charge < -0.3 is 18.9 Å². The summed E-state index contributed by atoms with van der Waals surface area (Å²) in [6.45, 7) is 4.95. The minimum atomic E-state index is -0.489. The number of nitrogens with zero attached hydrogens (tertiary/aromatic N) is 3. The lowest BCUT2D eigenvalue weighted by Gasteiger charge is -2.20. The van der Waals surface area contributed by atoms with Crippen LogP contribution in [0.25, 0.3) is 6.08 Å². The summed E-state index contributed by atoms with van der Waals surface area (Å²) in [5.74, 6) is 1.96. The Bertz CT molecular complexity index is 1530. The second kappa shape index (κ2) is 12.1. The second-order valence-corrected chi connectivity index (χ2v) is 9.76. The molecule has 0 saturated heterocycles. The van der Waals surface area contributed by atoms with E-state index >= 15 is 0 Å². The van der Waals surface area contributed by atoms with Crippen molar-refractivity contribution in [1.29, 1.82) is 5.41 Å². The maximum Gasteiger partial charge on any atom is 0.283 e. The van der Waals surface area contributed by atoms with Crippen LogP contribution in [0.4, 0.5) is 0 Å². The van der Waals surface area contributed by atoms with Gasteiger partial charge in [-0.2, -0.15) is 15.1 Å². The zero-order chi connectivity index (χ0) is 28.1. The standard InChI is InChI=1S/C30H28N4O5S/c1-4-37-26-17-20(10-13-25(26)39-15-14-38-23-7-5-6-22(18-23)36-3)16-24-27(31)34-30(32-28(24)35)40-29(33-34)21-11-8-19(2)9-12-21/h5-13,16-18,31H,4,14-15H2,1-3H3. The van der Waals surface area contributed by atoms with E-state index in [-0.39, 0.29) is 11.4 Å². The largest absolute Gasteiger partial charge is 0.497 e. The maximum atomic E-state index is 12.9. The summed E-state index contributed by atoms with van der Waals surface area (Å²) in [6.07, 6.45) is 1.62. The highest BCUT2D eigenvalue weighted by Gasteiger charge is 2.36. The van der Waals surface area contributed by atoms with Crippen LogP contribution in [0.1, 0.15) is 23.6 Å². The molecule has 10 heteroatoms. The molecule has 0 aliphatic carbocycles. The molecule has 1 amide bonds. The molecule has 40 heavy (non-hydrogen) atoms. The summed E-state index contributed by atoms with van der Waals surface area (Å²) in [7, 11) is 1.61. The highest BCUT2D eigenvalue weighted by molar-refractivity contribution is 8.27. The molecule has 0 atom stereocenters. The van der Waals surface area contributed by atoms with E-state index in [9.17, 15) is 4.79 Å². The summed E-state index contributed by atoms with van der Waals surface area (Å²) >= 11 is 1.27. The molecular formula is C30H28N4O5S. The van der Waals surface area contributed by atoms with Crippen molar-refractivity contribution in [3.8, 4) is 23.0 Å². The third kappa shape index (κ3) is 6.02. The van der Waals surface area contributed by atoms with Gasteiger partial charge in [-0.15, -0.1) is 0 Å². The molecule has 9 nitrogen and oxygen atoms in total. The number of thioether (sulfide) groups is 1. The van der Waals surface area contributed by atoms with Crippen molar-refractivity contribution in [2.45, 2.75) is 13.8 Å². The molecule has 0 aromatic heterocycles. The smallest absolute Gasteiger partial charge is 0.283 e. The molecule has 0 spiro atoms. The van der Waals surface area contributed by atoms with E-state index in [0.717, 1.165) is 16.9 Å². The van der Waals surface area contributed by atoms with Gasteiger partial charge in [-0.3, -0.25) is 10.2 Å². The van der Waals surface area contributed by atoms with Gasteiger partial charge >= 0.3 is 0 Å². The molecule has 5 rings (SSSR count). The number of methoxy groups -OCH3 is 1. The molecule has 3 aromatic carbocycles. The van der Waals surface area contributed by atoms with Crippen LogP contribution in [0.2, 0.25) is 0 Å². The Labute approximate surface area is 236 Å². The topological polar surface area (TPSA) is 106 Å². The van der Waals surface area contributed by atoms with Crippen LogP contribution >= 0.6 is 11.8 Å². The van der Waals surface area contributed by atoms with E-state index in [4.69, 9.17) is 24.4 Å². The molecule has 1 N–H and O–H groups in total. The summed E-state index contributed by atoms with van der Waals surface area (Å²) in [4.78, 5) is 17.1. The fourth-order valence-electron chi connectivity index (χ4n) is 3.98. The molecule has 2 aliphatic heterocycles. The second-order valence-electron chi connectivity index (χ2n) is 8.81. The first-order valence-electron chi connectivity index (χ1n) is 12.7. The van der Waals surface area contributed by atoms with Gasteiger partial charge in [-0.05, 0) is 61.5 Å². The molecule has 0 unspecified atom stereocenters. The maximum absolute atomic E-state index is 12.9. The lowest BCUT2D eigenvalue weighted by atomic mass is 10.1. The molecule has 0 fully saturated rings. The Balaban J connectivity index is 1.29. The number of amides is 1. The number of carbonyl (C=O) groups is 1. The van der Waals surface area contributed by atoms with E-state index in [2.05, 4.69) is 10.1 Å². The van der Waals surface area contributed by atoms with Gasteiger partial charge in [0.05, 0.1) is 19.3 Å². The van der Waals surface area contributed by atoms with Crippen LogP contribution in [-0.2, 0) is 4.79 Å². The number of benzene rings is 3. The Morgan fingerprint density at radius 3 is 2.50 bits per heavy atom. The number of hydrogen-bond acceptors (Lipinski definition) is 8. The van der Waals surface area contributed by atoms with Crippen LogP contribution < -0.4 is 18.9 Å². The number of aliphatic imine (C=N–C) groups is 1. The number of rotatable bonds is 10. The van der Waals surface area contributed by atoms with Gasteiger partial charge in [0.25, 0.3) is 5.91 Å². The fraction of sp³-hybridized carbons (Fsp3) is 0.200. The average molecular weight is 557 g/mol. The van der Waals surface area contributed by atoms with Gasteiger partial charge in [0.2, 0.25) is 5.17 Å². The van der Waals surface area contributed by atoms with Crippen molar-refractivity contribution in [3.63, 3.8) is 0 Å². The Kier molecular flexibility index (Phi) is 8.16. The van der Waals surface area contributed by atoms with Crippen molar-refractivity contribution in [1.82, 2.24) is 5.01 Å². The minimum Gasteiger partial charge on any atom is -0.497 e. The zero-order valence-corrected chi connectivity index (χ0v) is 23.2. The number of hydrazone groups is 1. The van der Waals surface area contributed by atoms with Crippen molar-refractivity contribution in [3.05, 3.63) is 89.0 Å². The van der Waals surface area contributed by atoms with Crippen LogP contribution in [0.3, 0.4) is 0 Å². The summed E-state index contributed by atoms with van der Waals surface area (Å²) in [6, 6.07) is 20.6. The fourth-order valence-corrected chi connectivity index (χ4v) is 4.87. The molecule has 3 aromatic rings. The Morgan fingerprint density at radius 2 is 1.73 bits per heavy atom. The van der Waals surface area contributed by atoms with Gasteiger partial charge in [0.1, 0.15) is 29.8 Å². The molecule has 204 valence electrons. The SMILES string of the molecule is CCOc1cc(C=C2C(=N)N3N=C(c4ccc(C)cc4)SC3=NC2=O)ccc1OCCOc1cccc(OC)c1. The van der Waals surface area contributed by atoms with Crippen molar-refractivity contribution in [2.24, 2.45) is 10.1 Å². The van der Waals surface area contributed by atoms with Crippen LogP contribution in [0.5, 0.6) is 23.0 Å². The number of hydrogen-bond donors (Lipinski definition) is 1. The molecule has 0 bridgehead atoms. The Hall–Kier alpha value is -4.57. The first-order chi connectivity index (χ1) is 19.4. The number of ether oxygens (including phenoxy) is 4. The predicted octanol–water partition coefficient (Wildman–Crippen LogP) is 5.53. The number of nitrogens with one attached hydrogen (secondary N) is 1. The first kappa shape index (κ1) is 27.0. The highest BCUT2D eigenvalue weighted by atomic mass is 32.2. The monoisotopic (exact) mass is 556 g/mol. The lowest BCUT2D eigenvalue weighted by molar-refractivity contribution is -0.114. The number of carbonyl (C=O) groups excluding carboxylic acids is 1. The third-order valence-electron chi connectivity index (χ3n) is 5.98. The third-order valence-corrected chi connectivity index (χ3v) is 6.94. The van der Waals surface area contributed by atoms with Crippen molar-refractivity contribution < 1.29 is 23.7 Å². The van der Waals surface area contributed by atoms with E-state index < -0.39 is 5.91 Å². The van der Waals surface area contributed by atoms with Gasteiger partial charge in [-0.25, -0.2) is 0 Å². The van der Waals surface area contributed by atoms with Crippen LogP contribution in [-0.4, -0.2) is 53.9 Å². The van der Waals surface area contributed by atoms with E-state index in [1.165, 1.54) is 16.8 Å². The molecular weight excluding hydrogens is 528 g/mol. The average Bonchev–Trinajstić information content (AvgIpc) is 3.39. The van der Waals surface area contributed by atoms with E-state index in [0.29, 0.717) is 52.8 Å². The first-order valence-corrected chi connectivity index (χ1v) is 13.5. The minimum absolute atomic E-state index is 0.0300. The van der Waals surface area contributed by atoms with E-state index in [1.807, 2.05) is 56.3 Å². The van der Waals surface area contributed by atoms with Gasteiger partial charge in [-0.1, -0.05) is 42.0 Å². The predicted molar refractivity (Wildman–Crippen MR) is 157 cm³/mol. The lowest BCUT2D eigenvalue weighted by Crippen LogP contribution is -2.35. The quantitative estimate of drug-likeness (QED) is 0.259. The summed E-state index contributed by atoms with van der Waals surface area (Å²) in [5.41, 5.74) is 2.86. The number of fused-ring (bicyclic) bond motifs is 1. The van der Waals surface area contributed by atoms with Gasteiger partial charge in [0, 0.05) is 11.6 Å². The van der Waals surface area contributed by atoms with Crippen molar-refractivity contribution in [2.75, 3.05) is 26.9 Å². The number of amidine groups is 2. The van der Waals surface area contributed by atoms with E-state index in [1.54, 1.807) is 37.5 Å². The van der Waals surface area contributed by atoms with Crippen LogP contribution in [0.15, 0.2) is 82.4 Å². The van der Waals surface area contributed by atoms with Crippen molar-refractivity contribution >= 4 is 39.8 Å². The zero-order valence-electron chi connectivity index (χ0n) is 22.3. The molecule has 2 aliphatic rings. The highest BCUT2D eigenvalue weighted by Crippen LogP contribution is 2.33. The van der Waals surface area contributed by atoms with Crippen LogP contribution in [0, 0.1) is 12.3 Å². The van der Waals surface area contributed by atoms with Gasteiger partial charge in [0.15, 0.2) is 17.3 Å². The summed E-state index contributed by atoms with van der Waals surface area (Å²) < 4.78 is 22.7.